The highest BCUT2D eigenvalue weighted by atomic mass is 15.3. The Balaban J connectivity index is 2.08. The van der Waals surface area contributed by atoms with E-state index in [0.29, 0.717) is 5.92 Å². The van der Waals surface area contributed by atoms with Gasteiger partial charge in [0.25, 0.3) is 0 Å². The molecule has 18 heavy (non-hydrogen) atoms. The Kier molecular flexibility index (Phi) is 3.85. The second-order valence-corrected chi connectivity index (χ2v) is 5.50. The molecule has 0 fully saturated rings. The van der Waals surface area contributed by atoms with Gasteiger partial charge in [-0.1, -0.05) is 38.1 Å². The number of nitrogens with zero attached hydrogens (tertiary/aromatic N) is 2. The number of aryl methyl sites for hydroxylation is 2. The van der Waals surface area contributed by atoms with Gasteiger partial charge in [0, 0.05) is 5.69 Å². The molecule has 0 aliphatic carbocycles. The molecule has 0 radical (unpaired) electrons. The van der Waals surface area contributed by atoms with Crippen molar-refractivity contribution in [3.8, 4) is 0 Å². The van der Waals surface area contributed by atoms with E-state index in [9.17, 15) is 0 Å². The van der Waals surface area contributed by atoms with Gasteiger partial charge in [-0.2, -0.15) is 5.10 Å². The minimum absolute atomic E-state index is 0.715. The minimum atomic E-state index is 0.715. The first-order valence-electron chi connectivity index (χ1n) is 6.63. The predicted molar refractivity (Wildman–Crippen MR) is 75.8 cm³/mol. The number of hydrogen-bond donors (Lipinski definition) is 0. The summed E-state index contributed by atoms with van der Waals surface area (Å²) in [6.07, 6.45) is 1.15. The lowest BCUT2D eigenvalue weighted by Crippen LogP contribution is -2.04. The molecular formula is C16H22N2. The van der Waals surface area contributed by atoms with E-state index in [-0.39, 0.29) is 0 Å². The molecule has 2 nitrogen and oxygen atoms in total. The zero-order chi connectivity index (χ0) is 13.1. The Morgan fingerprint density at radius 2 is 1.67 bits per heavy atom. The highest BCUT2D eigenvalue weighted by molar-refractivity contribution is 5.23. The molecule has 2 rings (SSSR count). The first kappa shape index (κ1) is 12.9. The maximum Gasteiger partial charge on any atom is 0.0662 e. The van der Waals surface area contributed by atoms with Crippen LogP contribution >= 0.6 is 0 Å². The van der Waals surface area contributed by atoms with Crippen LogP contribution in [-0.2, 0) is 13.0 Å². The van der Waals surface area contributed by atoms with Crippen LogP contribution in [0.25, 0.3) is 0 Å². The molecule has 96 valence electrons. The Morgan fingerprint density at radius 1 is 1.06 bits per heavy atom. The first-order valence-corrected chi connectivity index (χ1v) is 6.63. The topological polar surface area (TPSA) is 17.8 Å². The maximum atomic E-state index is 4.49. The Bertz CT molecular complexity index is 506. The highest BCUT2D eigenvalue weighted by Crippen LogP contribution is 2.12. The van der Waals surface area contributed by atoms with E-state index < -0.39 is 0 Å². The third-order valence-electron chi connectivity index (χ3n) is 3.10. The van der Waals surface area contributed by atoms with Gasteiger partial charge in [-0.05, 0) is 43.4 Å². The van der Waals surface area contributed by atoms with Crippen LogP contribution in [0.2, 0.25) is 0 Å². The van der Waals surface area contributed by atoms with Crippen LogP contribution in [0.5, 0.6) is 0 Å². The number of benzene rings is 1. The van der Waals surface area contributed by atoms with Gasteiger partial charge >= 0.3 is 0 Å². The van der Waals surface area contributed by atoms with Crippen LogP contribution in [-0.4, -0.2) is 9.78 Å². The summed E-state index contributed by atoms with van der Waals surface area (Å²) in [6.45, 7) is 9.51. The SMILES string of the molecule is Cc1cc(C)n(Cc2ccc(CC(C)C)cc2)n1. The third-order valence-corrected chi connectivity index (χ3v) is 3.10. The lowest BCUT2D eigenvalue weighted by atomic mass is 10.0. The largest absolute Gasteiger partial charge is 0.265 e. The zero-order valence-corrected chi connectivity index (χ0v) is 11.8. The summed E-state index contributed by atoms with van der Waals surface area (Å²) in [5, 5.41) is 4.49. The fourth-order valence-corrected chi connectivity index (χ4v) is 2.26. The quantitative estimate of drug-likeness (QED) is 0.798. The van der Waals surface area contributed by atoms with E-state index in [1.807, 2.05) is 6.92 Å². The molecule has 2 aromatic rings. The fraction of sp³-hybridized carbons (Fsp3) is 0.438. The van der Waals surface area contributed by atoms with Crippen LogP contribution in [0.1, 0.15) is 36.4 Å². The summed E-state index contributed by atoms with van der Waals surface area (Å²) >= 11 is 0. The van der Waals surface area contributed by atoms with Gasteiger partial charge in [0.2, 0.25) is 0 Å². The molecule has 0 aliphatic rings. The fourth-order valence-electron chi connectivity index (χ4n) is 2.26. The number of hydrogen-bond acceptors (Lipinski definition) is 1. The van der Waals surface area contributed by atoms with Crippen LogP contribution in [0, 0.1) is 19.8 Å². The Morgan fingerprint density at radius 3 is 2.17 bits per heavy atom. The van der Waals surface area contributed by atoms with Crippen molar-refractivity contribution in [1.82, 2.24) is 9.78 Å². The van der Waals surface area contributed by atoms with Crippen LogP contribution in [0.4, 0.5) is 0 Å². The summed E-state index contributed by atoms with van der Waals surface area (Å²) in [5.41, 5.74) is 5.04. The van der Waals surface area contributed by atoms with E-state index in [1.54, 1.807) is 0 Å². The molecule has 0 bridgehead atoms. The minimum Gasteiger partial charge on any atom is -0.265 e. The Hall–Kier alpha value is -1.57. The van der Waals surface area contributed by atoms with Gasteiger partial charge < -0.3 is 0 Å². The molecule has 0 saturated carbocycles. The van der Waals surface area contributed by atoms with Crippen molar-refractivity contribution < 1.29 is 0 Å². The molecule has 0 N–H and O–H groups in total. The van der Waals surface area contributed by atoms with Gasteiger partial charge in [0.05, 0.1) is 12.2 Å². The molecule has 1 aromatic heterocycles. The molecule has 0 saturated heterocycles. The summed E-state index contributed by atoms with van der Waals surface area (Å²) in [5.74, 6) is 0.715. The van der Waals surface area contributed by atoms with E-state index in [0.717, 1.165) is 18.7 Å². The smallest absolute Gasteiger partial charge is 0.0662 e. The van der Waals surface area contributed by atoms with Gasteiger partial charge in [-0.3, -0.25) is 4.68 Å². The predicted octanol–water partition coefficient (Wildman–Crippen LogP) is 3.75. The van der Waals surface area contributed by atoms with Crippen LogP contribution in [0.3, 0.4) is 0 Å². The van der Waals surface area contributed by atoms with E-state index >= 15 is 0 Å². The molecule has 0 amide bonds. The molecule has 0 atom stereocenters. The summed E-state index contributed by atoms with van der Waals surface area (Å²) in [6, 6.07) is 11.0. The maximum absolute atomic E-state index is 4.49. The van der Waals surface area contributed by atoms with E-state index in [2.05, 4.69) is 60.9 Å². The molecule has 1 aromatic carbocycles. The second-order valence-electron chi connectivity index (χ2n) is 5.50. The standard InChI is InChI=1S/C16H22N2/c1-12(2)9-15-5-7-16(8-6-15)11-18-14(4)10-13(3)17-18/h5-8,10,12H,9,11H2,1-4H3. The third kappa shape index (κ3) is 3.22. The summed E-state index contributed by atoms with van der Waals surface area (Å²) in [7, 11) is 0. The Labute approximate surface area is 110 Å². The van der Waals surface area contributed by atoms with Crippen LogP contribution in [0.15, 0.2) is 30.3 Å². The monoisotopic (exact) mass is 242 g/mol. The number of aromatic nitrogens is 2. The van der Waals surface area contributed by atoms with Gasteiger partial charge in [0.15, 0.2) is 0 Å². The van der Waals surface area contributed by atoms with Crippen molar-refractivity contribution >= 4 is 0 Å². The van der Waals surface area contributed by atoms with Gasteiger partial charge in [-0.15, -0.1) is 0 Å². The van der Waals surface area contributed by atoms with Crippen molar-refractivity contribution in [1.29, 1.82) is 0 Å². The van der Waals surface area contributed by atoms with Crippen molar-refractivity contribution in [3.63, 3.8) is 0 Å². The average Bonchev–Trinajstić information content (AvgIpc) is 2.59. The normalized spacial score (nSPS) is 11.2. The average molecular weight is 242 g/mol. The lowest BCUT2D eigenvalue weighted by molar-refractivity contribution is 0.644. The van der Waals surface area contributed by atoms with Crippen molar-refractivity contribution in [2.45, 2.75) is 40.7 Å². The van der Waals surface area contributed by atoms with E-state index in [4.69, 9.17) is 0 Å². The highest BCUT2D eigenvalue weighted by Gasteiger charge is 2.02. The first-order chi connectivity index (χ1) is 8.54. The molecule has 2 heteroatoms. The molecule has 0 unspecified atom stereocenters. The lowest BCUT2D eigenvalue weighted by Gasteiger charge is -2.08. The van der Waals surface area contributed by atoms with E-state index in [1.165, 1.54) is 16.8 Å². The summed E-state index contributed by atoms with van der Waals surface area (Å²) in [4.78, 5) is 0. The molecular weight excluding hydrogens is 220 g/mol. The molecule has 0 aliphatic heterocycles. The van der Waals surface area contributed by atoms with Crippen molar-refractivity contribution in [2.24, 2.45) is 5.92 Å². The summed E-state index contributed by atoms with van der Waals surface area (Å²) < 4.78 is 2.06. The van der Waals surface area contributed by atoms with Gasteiger partial charge in [0.1, 0.15) is 0 Å². The second kappa shape index (κ2) is 5.38. The molecule has 0 spiro atoms. The van der Waals surface area contributed by atoms with Gasteiger partial charge in [-0.25, -0.2) is 0 Å². The van der Waals surface area contributed by atoms with Crippen molar-refractivity contribution in [3.05, 3.63) is 52.8 Å². The molecule has 1 heterocycles. The van der Waals surface area contributed by atoms with Crippen molar-refractivity contribution in [2.75, 3.05) is 0 Å². The number of rotatable bonds is 4. The zero-order valence-electron chi connectivity index (χ0n) is 11.8. The van der Waals surface area contributed by atoms with Crippen LogP contribution < -0.4 is 0 Å².